The van der Waals surface area contributed by atoms with E-state index in [0.29, 0.717) is 24.3 Å². The van der Waals surface area contributed by atoms with Crippen LogP contribution in [0.25, 0.3) is 0 Å². The van der Waals surface area contributed by atoms with Gasteiger partial charge in [-0.2, -0.15) is 0 Å². The topological polar surface area (TPSA) is 81.7 Å². The number of ketones is 1. The fourth-order valence-corrected chi connectivity index (χ4v) is 2.41. The van der Waals surface area contributed by atoms with E-state index in [4.69, 9.17) is 9.47 Å². The maximum absolute atomic E-state index is 11.7. The largest absolute Gasteiger partial charge is 0.482 e. The van der Waals surface area contributed by atoms with Gasteiger partial charge in [0.05, 0.1) is 0 Å². The van der Waals surface area contributed by atoms with Gasteiger partial charge < -0.3 is 14.8 Å². The monoisotopic (exact) mass is 369 g/mol. The molecule has 2 rings (SSSR count). The number of nitrogens with one attached hydrogen (secondary N) is 1. The summed E-state index contributed by atoms with van der Waals surface area (Å²) >= 11 is 0. The predicted molar refractivity (Wildman–Crippen MR) is 101 cm³/mol. The number of hydrogen-bond acceptors (Lipinski definition) is 5. The molecule has 0 aliphatic rings. The van der Waals surface area contributed by atoms with Gasteiger partial charge in [0.25, 0.3) is 5.91 Å². The van der Waals surface area contributed by atoms with Crippen molar-refractivity contribution in [3.8, 4) is 5.75 Å². The molecule has 2 aromatic carbocycles. The van der Waals surface area contributed by atoms with Crippen molar-refractivity contribution in [1.29, 1.82) is 0 Å². The Kier molecular flexibility index (Phi) is 7.55. The van der Waals surface area contributed by atoms with Crippen molar-refractivity contribution < 1.29 is 23.9 Å². The highest BCUT2D eigenvalue weighted by atomic mass is 16.6. The van der Waals surface area contributed by atoms with Crippen molar-refractivity contribution in [3.05, 3.63) is 65.2 Å². The summed E-state index contributed by atoms with van der Waals surface area (Å²) in [5, 5.41) is 2.71. The highest BCUT2D eigenvalue weighted by Gasteiger charge is 2.09. The van der Waals surface area contributed by atoms with E-state index in [1.807, 2.05) is 31.2 Å². The second kappa shape index (κ2) is 10.1. The molecule has 0 aliphatic carbocycles. The Morgan fingerprint density at radius 1 is 1.00 bits per heavy atom. The lowest BCUT2D eigenvalue weighted by Crippen LogP contribution is -2.31. The van der Waals surface area contributed by atoms with Crippen molar-refractivity contribution in [2.75, 3.05) is 19.8 Å². The van der Waals surface area contributed by atoms with Gasteiger partial charge in [-0.3, -0.25) is 9.59 Å². The minimum absolute atomic E-state index is 0.0922. The molecule has 0 saturated heterocycles. The van der Waals surface area contributed by atoms with Gasteiger partial charge in [-0.15, -0.1) is 0 Å². The van der Waals surface area contributed by atoms with E-state index in [-0.39, 0.29) is 24.9 Å². The Balaban J connectivity index is 1.66. The quantitative estimate of drug-likeness (QED) is 0.542. The molecule has 27 heavy (non-hydrogen) atoms. The van der Waals surface area contributed by atoms with Gasteiger partial charge in [0.15, 0.2) is 19.0 Å². The molecular weight excluding hydrogens is 346 g/mol. The molecule has 0 aliphatic heterocycles. The van der Waals surface area contributed by atoms with Crippen LogP contribution in [0.2, 0.25) is 0 Å². The van der Waals surface area contributed by atoms with Gasteiger partial charge in [-0.1, -0.05) is 36.4 Å². The number of rotatable bonds is 9. The zero-order chi connectivity index (χ0) is 19.6. The third-order valence-corrected chi connectivity index (χ3v) is 3.94. The normalized spacial score (nSPS) is 10.1. The Morgan fingerprint density at radius 3 is 2.52 bits per heavy atom. The second-order valence-electron chi connectivity index (χ2n) is 6.06. The van der Waals surface area contributed by atoms with Gasteiger partial charge in [-0.05, 0) is 43.5 Å². The van der Waals surface area contributed by atoms with E-state index in [1.165, 1.54) is 12.5 Å². The summed E-state index contributed by atoms with van der Waals surface area (Å²) in [5.74, 6) is -0.722. The number of carbonyl (C=O) groups excluding carboxylic acids is 3. The second-order valence-corrected chi connectivity index (χ2v) is 6.06. The minimum Gasteiger partial charge on any atom is -0.482 e. The number of aryl methyl sites for hydroxylation is 1. The average molecular weight is 369 g/mol. The van der Waals surface area contributed by atoms with E-state index in [1.54, 1.807) is 24.3 Å². The highest BCUT2D eigenvalue weighted by molar-refractivity contribution is 5.94. The predicted octanol–water partition coefficient (Wildman–Crippen LogP) is 2.48. The molecule has 0 heterocycles. The molecule has 0 fully saturated rings. The van der Waals surface area contributed by atoms with Crippen molar-refractivity contribution in [2.45, 2.75) is 20.3 Å². The molecular formula is C21H23NO5. The zero-order valence-corrected chi connectivity index (χ0v) is 15.5. The van der Waals surface area contributed by atoms with Crippen LogP contribution >= 0.6 is 0 Å². The molecule has 0 unspecified atom stereocenters. The van der Waals surface area contributed by atoms with E-state index >= 15 is 0 Å². The Labute approximate surface area is 158 Å². The molecule has 1 N–H and O–H groups in total. The summed E-state index contributed by atoms with van der Waals surface area (Å²) in [7, 11) is 0. The molecule has 0 radical (unpaired) electrons. The smallest absolute Gasteiger partial charge is 0.344 e. The zero-order valence-electron chi connectivity index (χ0n) is 15.5. The van der Waals surface area contributed by atoms with Crippen LogP contribution in [0.1, 0.15) is 28.4 Å². The molecule has 2 aromatic rings. The molecule has 142 valence electrons. The van der Waals surface area contributed by atoms with E-state index < -0.39 is 5.97 Å². The van der Waals surface area contributed by atoms with Gasteiger partial charge in [-0.25, -0.2) is 4.79 Å². The number of esters is 1. The van der Waals surface area contributed by atoms with Crippen molar-refractivity contribution in [1.82, 2.24) is 5.32 Å². The van der Waals surface area contributed by atoms with Crippen LogP contribution in [0.4, 0.5) is 0 Å². The highest BCUT2D eigenvalue weighted by Crippen LogP contribution is 2.13. The first-order valence-corrected chi connectivity index (χ1v) is 8.66. The fourth-order valence-electron chi connectivity index (χ4n) is 2.41. The number of benzene rings is 2. The maximum Gasteiger partial charge on any atom is 0.344 e. The van der Waals surface area contributed by atoms with Crippen LogP contribution in [0, 0.1) is 6.92 Å². The standard InChI is InChI=1S/C21H23NO5/c1-15-6-3-4-7-17(15)10-11-22-20(24)13-27-21(25)14-26-19-9-5-8-18(12-19)16(2)23/h3-9,12H,10-11,13-14H2,1-2H3,(H,22,24). The van der Waals surface area contributed by atoms with Crippen LogP contribution in [0.5, 0.6) is 5.75 Å². The molecule has 0 atom stereocenters. The van der Waals surface area contributed by atoms with Gasteiger partial charge >= 0.3 is 5.97 Å². The first-order chi connectivity index (χ1) is 13.0. The first kappa shape index (κ1) is 20.2. The van der Waals surface area contributed by atoms with Crippen molar-refractivity contribution in [3.63, 3.8) is 0 Å². The van der Waals surface area contributed by atoms with Gasteiger partial charge in [0.1, 0.15) is 5.75 Å². The molecule has 1 amide bonds. The number of carbonyl (C=O) groups is 3. The van der Waals surface area contributed by atoms with Crippen LogP contribution in [0.15, 0.2) is 48.5 Å². The summed E-state index contributed by atoms with van der Waals surface area (Å²) in [4.78, 5) is 34.8. The minimum atomic E-state index is -0.655. The molecule has 0 aromatic heterocycles. The van der Waals surface area contributed by atoms with E-state index in [0.717, 1.165) is 5.56 Å². The summed E-state index contributed by atoms with van der Waals surface area (Å²) in [5.41, 5.74) is 2.83. The van der Waals surface area contributed by atoms with Gasteiger partial charge in [0.2, 0.25) is 0 Å². The lowest BCUT2D eigenvalue weighted by atomic mass is 10.1. The third kappa shape index (κ3) is 6.93. The lowest BCUT2D eigenvalue weighted by Gasteiger charge is -2.09. The number of hydrogen-bond donors (Lipinski definition) is 1. The number of amides is 1. The van der Waals surface area contributed by atoms with E-state index in [9.17, 15) is 14.4 Å². The SMILES string of the molecule is CC(=O)c1cccc(OCC(=O)OCC(=O)NCCc2ccccc2C)c1. The molecule has 0 bridgehead atoms. The number of ether oxygens (including phenoxy) is 2. The summed E-state index contributed by atoms with van der Waals surface area (Å²) in [6.45, 7) is 3.24. The maximum atomic E-state index is 11.7. The Morgan fingerprint density at radius 2 is 1.78 bits per heavy atom. The van der Waals surface area contributed by atoms with Gasteiger partial charge in [0, 0.05) is 12.1 Å². The van der Waals surface area contributed by atoms with Crippen LogP contribution in [-0.2, 0) is 20.7 Å². The summed E-state index contributed by atoms with van der Waals surface area (Å²) < 4.78 is 10.2. The van der Waals surface area contributed by atoms with Crippen LogP contribution in [0.3, 0.4) is 0 Å². The van der Waals surface area contributed by atoms with E-state index in [2.05, 4.69) is 5.32 Å². The molecule has 0 spiro atoms. The fraction of sp³-hybridized carbons (Fsp3) is 0.286. The summed E-state index contributed by atoms with van der Waals surface area (Å²) in [6, 6.07) is 14.5. The Hall–Kier alpha value is -3.15. The van der Waals surface area contributed by atoms with Crippen LogP contribution < -0.4 is 10.1 Å². The lowest BCUT2D eigenvalue weighted by molar-refractivity contribution is -0.150. The van der Waals surface area contributed by atoms with Crippen molar-refractivity contribution >= 4 is 17.7 Å². The van der Waals surface area contributed by atoms with Crippen LogP contribution in [-0.4, -0.2) is 37.4 Å². The Bertz CT molecular complexity index is 816. The molecule has 6 heteroatoms. The van der Waals surface area contributed by atoms with Crippen molar-refractivity contribution in [2.24, 2.45) is 0 Å². The third-order valence-electron chi connectivity index (χ3n) is 3.94. The average Bonchev–Trinajstić information content (AvgIpc) is 2.66. The first-order valence-electron chi connectivity index (χ1n) is 8.66. The number of Topliss-reactive ketones (excluding diaryl/α,β-unsaturated/α-hetero) is 1. The molecule has 0 saturated carbocycles. The molecule has 6 nitrogen and oxygen atoms in total. The summed E-state index contributed by atoms with van der Waals surface area (Å²) in [6.07, 6.45) is 0.710.